The Kier molecular flexibility index (Phi) is 9.21. The van der Waals surface area contributed by atoms with Crippen molar-refractivity contribution in [1.82, 2.24) is 14.5 Å². The zero-order chi connectivity index (χ0) is 25.8. The van der Waals surface area contributed by atoms with E-state index in [4.69, 9.17) is 23.2 Å². The molecule has 1 saturated carbocycles. The summed E-state index contributed by atoms with van der Waals surface area (Å²) >= 11 is 12.2. The second kappa shape index (κ2) is 11.7. The molecule has 0 radical (unpaired) electrons. The number of likely N-dealkylation sites (N-methyl/N-ethyl adjacent to an activating group) is 1. The van der Waals surface area contributed by atoms with Crippen molar-refractivity contribution in [2.75, 3.05) is 13.6 Å². The second-order valence-electron chi connectivity index (χ2n) is 9.01. The molecule has 0 unspecified atom stereocenters. The van der Waals surface area contributed by atoms with Gasteiger partial charge in [0.1, 0.15) is 6.04 Å². The molecular formula is C25H31Cl2N3O4S. The number of benzene rings is 2. The van der Waals surface area contributed by atoms with Crippen LogP contribution in [0.1, 0.15) is 43.7 Å². The Labute approximate surface area is 217 Å². The Morgan fingerprint density at radius 1 is 1.06 bits per heavy atom. The lowest BCUT2D eigenvalue weighted by molar-refractivity contribution is -0.140. The highest BCUT2D eigenvalue weighted by Crippen LogP contribution is 2.24. The van der Waals surface area contributed by atoms with Crippen molar-refractivity contribution in [1.29, 1.82) is 0 Å². The lowest BCUT2D eigenvalue weighted by Gasteiger charge is -2.31. The van der Waals surface area contributed by atoms with Gasteiger partial charge in [-0.05, 0) is 56.5 Å². The number of amides is 2. The summed E-state index contributed by atoms with van der Waals surface area (Å²) in [4.78, 5) is 27.9. The predicted molar refractivity (Wildman–Crippen MR) is 138 cm³/mol. The Morgan fingerprint density at radius 2 is 1.69 bits per heavy atom. The molecule has 0 aromatic heterocycles. The van der Waals surface area contributed by atoms with Crippen LogP contribution in [0.2, 0.25) is 10.0 Å². The van der Waals surface area contributed by atoms with Crippen LogP contribution in [0.4, 0.5) is 0 Å². The predicted octanol–water partition coefficient (Wildman–Crippen LogP) is 4.40. The van der Waals surface area contributed by atoms with Gasteiger partial charge in [0.25, 0.3) is 0 Å². The fourth-order valence-electron chi connectivity index (χ4n) is 4.07. The van der Waals surface area contributed by atoms with Crippen LogP contribution in [-0.4, -0.2) is 55.1 Å². The van der Waals surface area contributed by atoms with E-state index in [1.807, 2.05) is 6.92 Å². The third-order valence-corrected chi connectivity index (χ3v) is 8.85. The Balaban J connectivity index is 1.81. The van der Waals surface area contributed by atoms with Gasteiger partial charge < -0.3 is 10.2 Å². The third-order valence-electron chi connectivity index (χ3n) is 6.29. The molecule has 0 spiro atoms. The number of nitrogens with zero attached hydrogens (tertiary/aromatic N) is 2. The number of sulfonamides is 1. The van der Waals surface area contributed by atoms with Crippen LogP contribution < -0.4 is 5.32 Å². The normalized spacial score (nSPS) is 15.3. The molecule has 7 nitrogen and oxygen atoms in total. The number of carbonyl (C=O) groups excluding carboxylic acids is 2. The van der Waals surface area contributed by atoms with Crippen LogP contribution in [-0.2, 0) is 26.2 Å². The lowest BCUT2D eigenvalue weighted by atomic mass is 10.1. The number of halogens is 2. The number of hydrogen-bond donors (Lipinski definition) is 1. The highest BCUT2D eigenvalue weighted by molar-refractivity contribution is 7.89. The van der Waals surface area contributed by atoms with Gasteiger partial charge in [-0.1, -0.05) is 59.8 Å². The molecule has 1 N–H and O–H groups in total. The summed E-state index contributed by atoms with van der Waals surface area (Å²) in [5, 5.41) is 3.73. The average Bonchev–Trinajstić information content (AvgIpc) is 3.32. The molecule has 35 heavy (non-hydrogen) atoms. The van der Waals surface area contributed by atoms with E-state index in [1.165, 1.54) is 24.1 Å². The van der Waals surface area contributed by atoms with Crippen LogP contribution in [0.25, 0.3) is 0 Å². The molecule has 1 aliphatic rings. The molecule has 0 aliphatic heterocycles. The third kappa shape index (κ3) is 6.97. The summed E-state index contributed by atoms with van der Waals surface area (Å²) in [6.07, 6.45) is 3.95. The molecule has 0 heterocycles. The number of nitrogens with one attached hydrogen (secondary N) is 1. The summed E-state index contributed by atoms with van der Waals surface area (Å²) in [5.74, 6) is -0.766. The Hall–Kier alpha value is -2.13. The van der Waals surface area contributed by atoms with Gasteiger partial charge in [0.05, 0.1) is 21.5 Å². The first-order chi connectivity index (χ1) is 16.5. The maximum absolute atomic E-state index is 13.4. The number of rotatable bonds is 9. The fraction of sp³-hybridized carbons (Fsp3) is 0.440. The fourth-order valence-corrected chi connectivity index (χ4v) is 5.51. The maximum Gasteiger partial charge on any atom is 0.243 e. The number of hydrogen-bond acceptors (Lipinski definition) is 4. The van der Waals surface area contributed by atoms with Gasteiger partial charge in [-0.2, -0.15) is 4.31 Å². The summed E-state index contributed by atoms with van der Waals surface area (Å²) < 4.78 is 27.0. The first-order valence-corrected chi connectivity index (χ1v) is 13.8. The van der Waals surface area contributed by atoms with Crippen molar-refractivity contribution in [3.8, 4) is 0 Å². The van der Waals surface area contributed by atoms with Gasteiger partial charge in [0.2, 0.25) is 21.8 Å². The Bertz CT molecular complexity index is 1170. The van der Waals surface area contributed by atoms with Gasteiger partial charge in [-0.25, -0.2) is 8.42 Å². The second-order valence-corrected chi connectivity index (χ2v) is 11.9. The van der Waals surface area contributed by atoms with Crippen molar-refractivity contribution in [3.63, 3.8) is 0 Å². The molecule has 2 aromatic rings. The molecule has 1 aliphatic carbocycles. The van der Waals surface area contributed by atoms with Gasteiger partial charge in [-0.15, -0.1) is 0 Å². The number of aryl methyl sites for hydroxylation is 1. The largest absolute Gasteiger partial charge is 0.352 e. The zero-order valence-electron chi connectivity index (χ0n) is 20.1. The van der Waals surface area contributed by atoms with E-state index < -0.39 is 28.5 Å². The highest BCUT2D eigenvalue weighted by atomic mass is 35.5. The first kappa shape index (κ1) is 27.5. The Morgan fingerprint density at radius 3 is 2.29 bits per heavy atom. The molecule has 1 atom stereocenters. The minimum absolute atomic E-state index is 0.0768. The van der Waals surface area contributed by atoms with E-state index in [0.717, 1.165) is 35.6 Å². The quantitative estimate of drug-likeness (QED) is 0.511. The molecular weight excluding hydrogens is 509 g/mol. The maximum atomic E-state index is 13.4. The van der Waals surface area contributed by atoms with Crippen molar-refractivity contribution >= 4 is 45.0 Å². The van der Waals surface area contributed by atoms with E-state index in [9.17, 15) is 18.0 Å². The summed E-state index contributed by atoms with van der Waals surface area (Å²) in [5.41, 5.74) is 1.61. The van der Waals surface area contributed by atoms with Crippen molar-refractivity contribution in [2.24, 2.45) is 0 Å². The molecule has 0 saturated heterocycles. The monoisotopic (exact) mass is 539 g/mol. The van der Waals surface area contributed by atoms with E-state index >= 15 is 0 Å². The van der Waals surface area contributed by atoms with E-state index in [0.29, 0.717) is 15.6 Å². The summed E-state index contributed by atoms with van der Waals surface area (Å²) in [7, 11) is -2.53. The molecule has 0 bridgehead atoms. The topological polar surface area (TPSA) is 86.8 Å². The molecule has 3 rings (SSSR count). The van der Waals surface area contributed by atoms with Gasteiger partial charge in [-0.3, -0.25) is 9.59 Å². The van der Waals surface area contributed by atoms with Crippen molar-refractivity contribution < 1.29 is 18.0 Å². The van der Waals surface area contributed by atoms with E-state index in [1.54, 1.807) is 37.3 Å². The SMILES string of the molecule is Cc1ccc(S(=O)(=O)N(C)CC(=O)N(Cc2ccc(Cl)c(Cl)c2)[C@@H](C)C(=O)NC2CCCC2)cc1. The van der Waals surface area contributed by atoms with Gasteiger partial charge >= 0.3 is 0 Å². The number of carbonyl (C=O) groups is 2. The average molecular weight is 541 g/mol. The minimum atomic E-state index is -3.89. The van der Waals surface area contributed by atoms with Crippen molar-refractivity contribution in [3.05, 3.63) is 63.6 Å². The lowest BCUT2D eigenvalue weighted by Crippen LogP contribution is -2.52. The zero-order valence-corrected chi connectivity index (χ0v) is 22.5. The smallest absolute Gasteiger partial charge is 0.243 e. The van der Waals surface area contributed by atoms with Gasteiger partial charge in [0.15, 0.2) is 0 Å². The van der Waals surface area contributed by atoms with Crippen molar-refractivity contribution in [2.45, 2.75) is 63.1 Å². The molecule has 1 fully saturated rings. The molecule has 2 amide bonds. The molecule has 10 heteroatoms. The standard InChI is InChI=1S/C25H31Cl2N3O4S/c1-17-8-11-21(12-9-17)35(33,34)29(3)16-24(31)30(15-19-10-13-22(26)23(27)14-19)18(2)25(32)28-20-6-4-5-7-20/h8-14,18,20H,4-7,15-16H2,1-3H3,(H,28,32)/t18-/m0/s1. The minimum Gasteiger partial charge on any atom is -0.352 e. The van der Waals surface area contributed by atoms with Crippen LogP contribution in [0.3, 0.4) is 0 Å². The first-order valence-electron chi connectivity index (χ1n) is 11.6. The highest BCUT2D eigenvalue weighted by Gasteiger charge is 2.31. The molecule has 190 valence electrons. The van der Waals surface area contributed by atoms with E-state index in [2.05, 4.69) is 5.32 Å². The van der Waals surface area contributed by atoms with Gasteiger partial charge in [0, 0.05) is 19.6 Å². The van der Waals surface area contributed by atoms with Crippen LogP contribution in [0.5, 0.6) is 0 Å². The van der Waals surface area contributed by atoms with Crippen LogP contribution in [0, 0.1) is 6.92 Å². The summed E-state index contributed by atoms with van der Waals surface area (Å²) in [6.45, 7) is 3.17. The molecule has 2 aromatic carbocycles. The van der Waals surface area contributed by atoms with Crippen LogP contribution >= 0.6 is 23.2 Å². The summed E-state index contributed by atoms with van der Waals surface area (Å²) in [6, 6.07) is 10.7. The van der Waals surface area contributed by atoms with E-state index in [-0.39, 0.29) is 23.4 Å². The van der Waals surface area contributed by atoms with Crippen LogP contribution in [0.15, 0.2) is 47.4 Å².